The Bertz CT molecular complexity index is 704. The third-order valence-electron chi connectivity index (χ3n) is 4.79. The standard InChI is InChI=1S/C20H28N2O5/c1-4-27-11-5-10-22(13-14(2)20(25)26)19(24)16-6-8-17-15(12-16)7-9-18(23)21(17)3/h6,8,12,14H,4-5,7,9-11,13H2,1-3H3,(H,25,26). The summed E-state index contributed by atoms with van der Waals surface area (Å²) in [6.07, 6.45) is 1.68. The quantitative estimate of drug-likeness (QED) is 0.668. The predicted molar refractivity (Wildman–Crippen MR) is 102 cm³/mol. The number of hydrogen-bond acceptors (Lipinski definition) is 4. The Morgan fingerprint density at radius 2 is 2.07 bits per heavy atom. The van der Waals surface area contributed by atoms with E-state index in [1.165, 1.54) is 0 Å². The van der Waals surface area contributed by atoms with E-state index in [4.69, 9.17) is 4.74 Å². The minimum absolute atomic E-state index is 0.0643. The number of aliphatic carboxylic acids is 1. The van der Waals surface area contributed by atoms with Crippen LogP contribution >= 0.6 is 0 Å². The number of carboxylic acid groups (broad SMARTS) is 1. The predicted octanol–water partition coefficient (Wildman–Crippen LogP) is 2.19. The van der Waals surface area contributed by atoms with Crippen molar-refractivity contribution in [2.45, 2.75) is 33.1 Å². The fourth-order valence-electron chi connectivity index (χ4n) is 3.16. The number of nitrogens with zero attached hydrogens (tertiary/aromatic N) is 2. The van der Waals surface area contributed by atoms with Gasteiger partial charge in [0, 0.05) is 51.0 Å². The zero-order chi connectivity index (χ0) is 20.0. The van der Waals surface area contributed by atoms with Gasteiger partial charge in [-0.3, -0.25) is 14.4 Å². The van der Waals surface area contributed by atoms with E-state index in [9.17, 15) is 19.5 Å². The first-order chi connectivity index (χ1) is 12.8. The molecule has 0 radical (unpaired) electrons. The smallest absolute Gasteiger partial charge is 0.308 e. The maximum absolute atomic E-state index is 13.0. The zero-order valence-electron chi connectivity index (χ0n) is 16.2. The van der Waals surface area contributed by atoms with Crippen molar-refractivity contribution in [3.63, 3.8) is 0 Å². The largest absolute Gasteiger partial charge is 0.481 e. The first-order valence-electron chi connectivity index (χ1n) is 9.34. The summed E-state index contributed by atoms with van der Waals surface area (Å²) in [5, 5.41) is 9.20. The topological polar surface area (TPSA) is 87.1 Å². The van der Waals surface area contributed by atoms with Gasteiger partial charge in [0.15, 0.2) is 0 Å². The van der Waals surface area contributed by atoms with Crippen molar-refractivity contribution in [2.24, 2.45) is 5.92 Å². The molecule has 0 bridgehead atoms. The Balaban J connectivity index is 2.17. The van der Waals surface area contributed by atoms with Crippen molar-refractivity contribution < 1.29 is 24.2 Å². The van der Waals surface area contributed by atoms with Crippen molar-refractivity contribution in [1.29, 1.82) is 0 Å². The number of amides is 2. The Morgan fingerprint density at radius 1 is 1.33 bits per heavy atom. The Morgan fingerprint density at radius 3 is 2.74 bits per heavy atom. The van der Waals surface area contributed by atoms with E-state index in [1.54, 1.807) is 35.9 Å². The van der Waals surface area contributed by atoms with Crippen LogP contribution in [0.15, 0.2) is 18.2 Å². The highest BCUT2D eigenvalue weighted by Gasteiger charge is 2.25. The molecular formula is C20H28N2O5. The molecule has 1 aromatic carbocycles. The fraction of sp³-hybridized carbons (Fsp3) is 0.550. The van der Waals surface area contributed by atoms with Crippen LogP contribution in [0.2, 0.25) is 0 Å². The minimum atomic E-state index is -0.928. The van der Waals surface area contributed by atoms with Crippen molar-refractivity contribution in [3.8, 4) is 0 Å². The van der Waals surface area contributed by atoms with Gasteiger partial charge in [-0.05, 0) is 43.5 Å². The van der Waals surface area contributed by atoms with Gasteiger partial charge in [0.05, 0.1) is 5.92 Å². The summed E-state index contributed by atoms with van der Waals surface area (Å²) >= 11 is 0. The second-order valence-corrected chi connectivity index (χ2v) is 6.84. The van der Waals surface area contributed by atoms with Crippen LogP contribution in [-0.2, 0) is 20.7 Å². The number of carbonyl (C=O) groups is 3. The van der Waals surface area contributed by atoms with E-state index in [1.807, 2.05) is 13.0 Å². The second kappa shape index (κ2) is 9.50. The maximum Gasteiger partial charge on any atom is 0.308 e. The second-order valence-electron chi connectivity index (χ2n) is 6.84. The molecule has 1 unspecified atom stereocenters. The van der Waals surface area contributed by atoms with Crippen LogP contribution in [0.25, 0.3) is 0 Å². The van der Waals surface area contributed by atoms with E-state index in [0.717, 1.165) is 11.3 Å². The third-order valence-corrected chi connectivity index (χ3v) is 4.79. The Hall–Kier alpha value is -2.41. The number of ether oxygens (including phenoxy) is 1. The summed E-state index contributed by atoms with van der Waals surface area (Å²) in [5.41, 5.74) is 2.30. The highest BCUT2D eigenvalue weighted by molar-refractivity contribution is 5.99. The first kappa shape index (κ1) is 20.9. The summed E-state index contributed by atoms with van der Waals surface area (Å²) in [7, 11) is 1.73. The van der Waals surface area contributed by atoms with E-state index in [-0.39, 0.29) is 18.4 Å². The minimum Gasteiger partial charge on any atom is -0.481 e. The molecule has 0 aromatic heterocycles. The lowest BCUT2D eigenvalue weighted by atomic mass is 9.98. The third kappa shape index (κ3) is 5.29. The number of benzene rings is 1. The number of carboxylic acids is 1. The van der Waals surface area contributed by atoms with Gasteiger partial charge in [-0.15, -0.1) is 0 Å². The van der Waals surface area contributed by atoms with E-state index in [0.29, 0.717) is 44.6 Å². The molecular weight excluding hydrogens is 348 g/mol. The van der Waals surface area contributed by atoms with E-state index >= 15 is 0 Å². The molecule has 1 atom stereocenters. The molecule has 2 rings (SSSR count). The highest BCUT2D eigenvalue weighted by Crippen LogP contribution is 2.28. The number of anilines is 1. The molecule has 2 amide bonds. The number of fused-ring (bicyclic) bond motifs is 1. The summed E-state index contributed by atoms with van der Waals surface area (Å²) in [4.78, 5) is 39.3. The molecule has 0 aliphatic carbocycles. The number of rotatable bonds is 9. The van der Waals surface area contributed by atoms with Crippen molar-refractivity contribution in [2.75, 3.05) is 38.3 Å². The van der Waals surface area contributed by atoms with Crippen LogP contribution in [-0.4, -0.2) is 61.1 Å². The van der Waals surface area contributed by atoms with Crippen LogP contribution in [0.5, 0.6) is 0 Å². The summed E-state index contributed by atoms with van der Waals surface area (Å²) in [6, 6.07) is 5.32. The fourth-order valence-corrected chi connectivity index (χ4v) is 3.16. The van der Waals surface area contributed by atoms with Gasteiger partial charge in [0.1, 0.15) is 0 Å². The van der Waals surface area contributed by atoms with Gasteiger partial charge in [-0.25, -0.2) is 0 Å². The molecule has 0 saturated heterocycles. The van der Waals surface area contributed by atoms with Gasteiger partial charge >= 0.3 is 5.97 Å². The SMILES string of the molecule is CCOCCCN(CC(C)C(=O)O)C(=O)c1ccc2c(c1)CCC(=O)N2C. The van der Waals surface area contributed by atoms with E-state index in [2.05, 4.69) is 0 Å². The average Bonchev–Trinajstić information content (AvgIpc) is 2.66. The number of hydrogen-bond donors (Lipinski definition) is 1. The number of carbonyl (C=O) groups excluding carboxylic acids is 2. The zero-order valence-corrected chi connectivity index (χ0v) is 16.2. The van der Waals surface area contributed by atoms with E-state index < -0.39 is 11.9 Å². The van der Waals surface area contributed by atoms with Crippen molar-refractivity contribution in [1.82, 2.24) is 4.90 Å². The molecule has 0 fully saturated rings. The molecule has 1 aliphatic heterocycles. The van der Waals surface area contributed by atoms with Gasteiger partial charge in [-0.2, -0.15) is 0 Å². The normalized spacial score (nSPS) is 14.6. The van der Waals surface area contributed by atoms with Crippen molar-refractivity contribution in [3.05, 3.63) is 29.3 Å². The van der Waals surface area contributed by atoms with Crippen LogP contribution in [0.1, 0.15) is 42.6 Å². The van der Waals surface area contributed by atoms with Gasteiger partial charge in [0.2, 0.25) is 5.91 Å². The maximum atomic E-state index is 13.0. The van der Waals surface area contributed by atoms with Crippen LogP contribution in [0, 0.1) is 5.92 Å². The van der Waals surface area contributed by atoms with Crippen LogP contribution in [0.3, 0.4) is 0 Å². The summed E-state index contributed by atoms with van der Waals surface area (Å²) < 4.78 is 5.33. The first-order valence-corrected chi connectivity index (χ1v) is 9.34. The molecule has 1 aliphatic rings. The highest BCUT2D eigenvalue weighted by atomic mass is 16.5. The molecule has 148 valence electrons. The Labute approximate surface area is 159 Å². The Kier molecular flexibility index (Phi) is 7.36. The molecule has 7 heteroatoms. The molecule has 1 heterocycles. The average molecular weight is 376 g/mol. The van der Waals surface area contributed by atoms with Crippen molar-refractivity contribution >= 4 is 23.5 Å². The monoisotopic (exact) mass is 376 g/mol. The molecule has 1 N–H and O–H groups in total. The molecule has 0 spiro atoms. The summed E-state index contributed by atoms with van der Waals surface area (Å²) in [6.45, 7) is 5.22. The lowest BCUT2D eigenvalue weighted by Crippen LogP contribution is -2.38. The molecule has 1 aromatic rings. The van der Waals surface area contributed by atoms with Gasteiger partial charge in [0.25, 0.3) is 5.91 Å². The number of aryl methyl sites for hydroxylation is 1. The molecule has 7 nitrogen and oxygen atoms in total. The summed E-state index contributed by atoms with van der Waals surface area (Å²) in [5.74, 6) is -1.71. The van der Waals surface area contributed by atoms with Crippen LogP contribution < -0.4 is 4.90 Å². The lowest BCUT2D eigenvalue weighted by Gasteiger charge is -2.28. The van der Waals surface area contributed by atoms with Gasteiger partial charge in [-0.1, -0.05) is 6.92 Å². The van der Waals surface area contributed by atoms with Gasteiger partial charge < -0.3 is 19.6 Å². The molecule has 27 heavy (non-hydrogen) atoms. The lowest BCUT2D eigenvalue weighted by molar-refractivity contribution is -0.141. The van der Waals surface area contributed by atoms with Crippen LogP contribution in [0.4, 0.5) is 5.69 Å². The molecule has 0 saturated carbocycles.